The van der Waals surface area contributed by atoms with Crippen LogP contribution in [-0.2, 0) is 16.8 Å². The number of rotatable bonds is 3. The van der Waals surface area contributed by atoms with E-state index in [1.54, 1.807) is 0 Å². The molecule has 4 rings (SSSR count). The van der Waals surface area contributed by atoms with Gasteiger partial charge in [-0.25, -0.2) is 0 Å². The number of anilines is 1. The first-order valence-electron chi connectivity index (χ1n) is 7.49. The van der Waals surface area contributed by atoms with E-state index in [4.69, 9.17) is 9.47 Å². The molecule has 1 atom stereocenters. The second kappa shape index (κ2) is 5.08. The quantitative estimate of drug-likeness (QED) is 0.936. The minimum Gasteiger partial charge on any atom is -0.489 e. The first-order chi connectivity index (χ1) is 10.4. The van der Waals surface area contributed by atoms with Crippen LogP contribution < -0.4 is 10.1 Å². The van der Waals surface area contributed by atoms with Crippen LogP contribution in [0.5, 0.6) is 5.75 Å². The maximum Gasteiger partial charge on any atom is 0.121 e. The van der Waals surface area contributed by atoms with Crippen molar-refractivity contribution in [2.45, 2.75) is 18.4 Å². The number of hydrogen-bond acceptors (Lipinski definition) is 3. The van der Waals surface area contributed by atoms with Gasteiger partial charge in [0, 0.05) is 30.3 Å². The molecule has 3 heteroatoms. The van der Waals surface area contributed by atoms with Crippen LogP contribution in [0, 0.1) is 0 Å². The van der Waals surface area contributed by atoms with Gasteiger partial charge >= 0.3 is 0 Å². The highest BCUT2D eigenvalue weighted by atomic mass is 16.5. The molecule has 2 aromatic carbocycles. The van der Waals surface area contributed by atoms with Gasteiger partial charge in [0.25, 0.3) is 0 Å². The molecule has 0 amide bonds. The van der Waals surface area contributed by atoms with Crippen molar-refractivity contribution in [1.29, 1.82) is 0 Å². The Labute approximate surface area is 124 Å². The standard InChI is InChI=1S/C18H19NO2/c1-2-4-14(5-3-1)11-21-15-6-7-16-17(10-15)19-12-18(16)8-9-20-13-18/h1-7,10,19H,8-9,11-13H2. The number of nitrogens with one attached hydrogen (secondary N) is 1. The average molecular weight is 281 g/mol. The molecule has 2 aliphatic heterocycles. The largest absolute Gasteiger partial charge is 0.489 e. The lowest BCUT2D eigenvalue weighted by atomic mass is 9.82. The van der Waals surface area contributed by atoms with Gasteiger partial charge in [-0.2, -0.15) is 0 Å². The Hall–Kier alpha value is -2.00. The molecule has 1 spiro atoms. The predicted octanol–water partition coefficient (Wildman–Crippen LogP) is 3.35. The van der Waals surface area contributed by atoms with Crippen molar-refractivity contribution in [3.63, 3.8) is 0 Å². The van der Waals surface area contributed by atoms with E-state index in [2.05, 4.69) is 35.6 Å². The maximum absolute atomic E-state index is 5.90. The zero-order valence-corrected chi connectivity index (χ0v) is 12.0. The van der Waals surface area contributed by atoms with E-state index in [1.165, 1.54) is 16.8 Å². The molecule has 2 heterocycles. The molecule has 1 fully saturated rings. The Kier molecular flexibility index (Phi) is 3.08. The lowest BCUT2D eigenvalue weighted by Gasteiger charge is -2.20. The van der Waals surface area contributed by atoms with E-state index in [1.807, 2.05) is 18.2 Å². The zero-order valence-electron chi connectivity index (χ0n) is 12.0. The highest BCUT2D eigenvalue weighted by Crippen LogP contribution is 2.43. The van der Waals surface area contributed by atoms with Crippen LogP contribution in [0.25, 0.3) is 0 Å². The average Bonchev–Trinajstić information content (AvgIpc) is 3.15. The summed E-state index contributed by atoms with van der Waals surface area (Å²) < 4.78 is 11.5. The molecule has 3 nitrogen and oxygen atoms in total. The summed E-state index contributed by atoms with van der Waals surface area (Å²) in [6.45, 7) is 3.28. The summed E-state index contributed by atoms with van der Waals surface area (Å²) in [6.07, 6.45) is 1.11. The number of fused-ring (bicyclic) bond motifs is 2. The summed E-state index contributed by atoms with van der Waals surface area (Å²) >= 11 is 0. The minimum absolute atomic E-state index is 0.188. The van der Waals surface area contributed by atoms with E-state index in [0.29, 0.717) is 6.61 Å². The van der Waals surface area contributed by atoms with Crippen LogP contribution in [0.3, 0.4) is 0 Å². The van der Waals surface area contributed by atoms with Crippen LogP contribution >= 0.6 is 0 Å². The summed E-state index contributed by atoms with van der Waals surface area (Å²) in [7, 11) is 0. The molecule has 0 radical (unpaired) electrons. The van der Waals surface area contributed by atoms with E-state index in [-0.39, 0.29) is 5.41 Å². The summed E-state index contributed by atoms with van der Waals surface area (Å²) in [4.78, 5) is 0. The van der Waals surface area contributed by atoms with Gasteiger partial charge in [-0.3, -0.25) is 0 Å². The van der Waals surface area contributed by atoms with Crippen molar-refractivity contribution in [2.75, 3.05) is 25.1 Å². The molecular weight excluding hydrogens is 262 g/mol. The summed E-state index contributed by atoms with van der Waals surface area (Å²) in [5.41, 5.74) is 3.96. The third-order valence-electron chi connectivity index (χ3n) is 4.53. The molecule has 21 heavy (non-hydrogen) atoms. The molecular formula is C18H19NO2. The monoisotopic (exact) mass is 281 g/mol. The lowest BCUT2D eigenvalue weighted by Crippen LogP contribution is -2.28. The van der Waals surface area contributed by atoms with E-state index in [0.717, 1.165) is 31.9 Å². The smallest absolute Gasteiger partial charge is 0.121 e. The van der Waals surface area contributed by atoms with Crippen LogP contribution in [0.15, 0.2) is 48.5 Å². The molecule has 2 aromatic rings. The van der Waals surface area contributed by atoms with Gasteiger partial charge in [0.15, 0.2) is 0 Å². The Morgan fingerprint density at radius 3 is 2.86 bits per heavy atom. The zero-order chi connectivity index (χ0) is 14.1. The molecule has 0 bridgehead atoms. The summed E-state index contributed by atoms with van der Waals surface area (Å²) in [5.74, 6) is 0.918. The van der Waals surface area contributed by atoms with Gasteiger partial charge < -0.3 is 14.8 Å². The Morgan fingerprint density at radius 1 is 1.14 bits per heavy atom. The fourth-order valence-corrected chi connectivity index (χ4v) is 3.28. The van der Waals surface area contributed by atoms with Gasteiger partial charge in [-0.05, 0) is 23.6 Å². The van der Waals surface area contributed by atoms with Crippen LogP contribution in [0.1, 0.15) is 17.5 Å². The predicted molar refractivity (Wildman–Crippen MR) is 82.8 cm³/mol. The summed E-state index contributed by atoms with van der Waals surface area (Å²) in [6, 6.07) is 16.6. The van der Waals surface area contributed by atoms with Crippen molar-refractivity contribution in [2.24, 2.45) is 0 Å². The first-order valence-corrected chi connectivity index (χ1v) is 7.49. The molecule has 1 saturated heterocycles. The van der Waals surface area contributed by atoms with E-state index in [9.17, 15) is 0 Å². The molecule has 0 saturated carbocycles. The van der Waals surface area contributed by atoms with Gasteiger partial charge in [0.05, 0.1) is 6.61 Å². The second-order valence-corrected chi connectivity index (χ2v) is 5.92. The van der Waals surface area contributed by atoms with Crippen molar-refractivity contribution in [3.05, 3.63) is 59.7 Å². The van der Waals surface area contributed by atoms with Crippen molar-refractivity contribution in [1.82, 2.24) is 0 Å². The van der Waals surface area contributed by atoms with Gasteiger partial charge in [-0.15, -0.1) is 0 Å². The van der Waals surface area contributed by atoms with Gasteiger partial charge in [-0.1, -0.05) is 36.4 Å². The maximum atomic E-state index is 5.90. The second-order valence-electron chi connectivity index (χ2n) is 5.92. The van der Waals surface area contributed by atoms with Crippen molar-refractivity contribution in [3.8, 4) is 5.75 Å². The number of ether oxygens (including phenoxy) is 2. The lowest BCUT2D eigenvalue weighted by molar-refractivity contribution is 0.181. The molecule has 0 aliphatic carbocycles. The fourth-order valence-electron chi connectivity index (χ4n) is 3.28. The number of hydrogen-bond donors (Lipinski definition) is 1. The third-order valence-corrected chi connectivity index (χ3v) is 4.53. The molecule has 1 N–H and O–H groups in total. The van der Waals surface area contributed by atoms with Gasteiger partial charge in [0.2, 0.25) is 0 Å². The molecule has 0 aromatic heterocycles. The topological polar surface area (TPSA) is 30.5 Å². The van der Waals surface area contributed by atoms with Gasteiger partial charge in [0.1, 0.15) is 12.4 Å². The molecule has 2 aliphatic rings. The first kappa shape index (κ1) is 12.7. The van der Waals surface area contributed by atoms with E-state index < -0.39 is 0 Å². The van der Waals surface area contributed by atoms with E-state index >= 15 is 0 Å². The Morgan fingerprint density at radius 2 is 2.05 bits per heavy atom. The normalized spacial score (nSPS) is 23.0. The Bertz CT molecular complexity index is 633. The van der Waals surface area contributed by atoms with Crippen molar-refractivity contribution >= 4 is 5.69 Å². The highest BCUT2D eigenvalue weighted by molar-refractivity contribution is 5.63. The third kappa shape index (κ3) is 2.28. The Balaban J connectivity index is 1.52. The van der Waals surface area contributed by atoms with Crippen LogP contribution in [0.4, 0.5) is 5.69 Å². The van der Waals surface area contributed by atoms with Crippen LogP contribution in [0.2, 0.25) is 0 Å². The number of benzene rings is 2. The SMILES string of the molecule is c1ccc(COc2ccc3c(c2)NCC32CCOC2)cc1. The molecule has 1 unspecified atom stereocenters. The molecule has 108 valence electrons. The fraction of sp³-hybridized carbons (Fsp3) is 0.333. The summed E-state index contributed by atoms with van der Waals surface area (Å²) in [5, 5.41) is 3.51. The van der Waals surface area contributed by atoms with Crippen LogP contribution in [-0.4, -0.2) is 19.8 Å². The minimum atomic E-state index is 0.188. The highest BCUT2D eigenvalue weighted by Gasteiger charge is 2.42. The van der Waals surface area contributed by atoms with Crippen molar-refractivity contribution < 1.29 is 9.47 Å².